The number of nitriles is 1. The smallest absolute Gasteiger partial charge is 0.196 e. The van der Waals surface area contributed by atoms with Gasteiger partial charge in [-0.05, 0) is 38.1 Å². The molecular formula is C10H10ClNO2S. The average Bonchev–Trinajstić information content (AvgIpc) is 2.18. The van der Waals surface area contributed by atoms with Crippen LogP contribution >= 0.6 is 11.6 Å². The Kier molecular flexibility index (Phi) is 3.08. The second kappa shape index (κ2) is 3.84. The maximum atomic E-state index is 11.9. The van der Waals surface area contributed by atoms with E-state index in [0.29, 0.717) is 5.02 Å². The summed E-state index contributed by atoms with van der Waals surface area (Å²) in [5.41, 5.74) is 0. The van der Waals surface area contributed by atoms with Crippen molar-refractivity contribution in [3.8, 4) is 6.07 Å². The third-order valence-electron chi connectivity index (χ3n) is 2.07. The Hall–Kier alpha value is -1.05. The summed E-state index contributed by atoms with van der Waals surface area (Å²) in [6.07, 6.45) is 0. The minimum absolute atomic E-state index is 0.110. The van der Waals surface area contributed by atoms with E-state index in [2.05, 4.69) is 0 Å². The highest BCUT2D eigenvalue weighted by Crippen LogP contribution is 2.25. The molecule has 0 amide bonds. The molecule has 0 fully saturated rings. The molecule has 0 unspecified atom stereocenters. The minimum atomic E-state index is -3.63. The van der Waals surface area contributed by atoms with Crippen LogP contribution in [0.4, 0.5) is 0 Å². The Balaban J connectivity index is 3.32. The molecule has 0 atom stereocenters. The van der Waals surface area contributed by atoms with Crippen molar-refractivity contribution in [2.24, 2.45) is 0 Å². The molecule has 5 heteroatoms. The second-order valence-electron chi connectivity index (χ2n) is 3.58. The van der Waals surface area contributed by atoms with Gasteiger partial charge >= 0.3 is 0 Å². The van der Waals surface area contributed by atoms with Crippen LogP contribution in [0.2, 0.25) is 5.02 Å². The number of hydrogen-bond donors (Lipinski definition) is 0. The van der Waals surface area contributed by atoms with Crippen molar-refractivity contribution in [1.82, 2.24) is 0 Å². The molecule has 0 saturated heterocycles. The quantitative estimate of drug-likeness (QED) is 0.802. The number of halogens is 1. The Labute approximate surface area is 94.2 Å². The summed E-state index contributed by atoms with van der Waals surface area (Å²) in [6, 6.07) is 7.55. The average molecular weight is 244 g/mol. The summed E-state index contributed by atoms with van der Waals surface area (Å²) >= 11 is 5.65. The highest BCUT2D eigenvalue weighted by Gasteiger charge is 2.35. The lowest BCUT2D eigenvalue weighted by Crippen LogP contribution is -2.29. The van der Waals surface area contributed by atoms with E-state index in [9.17, 15) is 8.42 Å². The van der Waals surface area contributed by atoms with Crippen molar-refractivity contribution in [3.63, 3.8) is 0 Å². The van der Waals surface area contributed by atoms with E-state index in [0.717, 1.165) is 0 Å². The largest absolute Gasteiger partial charge is 0.222 e. The SMILES string of the molecule is CC(C)(C#N)S(=O)(=O)c1ccc(Cl)cc1. The van der Waals surface area contributed by atoms with Crippen molar-refractivity contribution >= 4 is 21.4 Å². The molecule has 80 valence electrons. The van der Waals surface area contributed by atoms with Gasteiger partial charge in [-0.25, -0.2) is 8.42 Å². The fourth-order valence-electron chi connectivity index (χ4n) is 0.968. The maximum Gasteiger partial charge on any atom is 0.196 e. The summed E-state index contributed by atoms with van der Waals surface area (Å²) in [7, 11) is -3.63. The summed E-state index contributed by atoms with van der Waals surface area (Å²) in [5, 5.41) is 9.25. The Morgan fingerprint density at radius 3 is 2.13 bits per heavy atom. The van der Waals surface area contributed by atoms with Crippen LogP contribution in [0.5, 0.6) is 0 Å². The van der Waals surface area contributed by atoms with Gasteiger partial charge in [0, 0.05) is 5.02 Å². The normalized spacial score (nSPS) is 12.1. The summed E-state index contributed by atoms with van der Waals surface area (Å²) in [6.45, 7) is 2.74. The topological polar surface area (TPSA) is 57.9 Å². The summed E-state index contributed by atoms with van der Waals surface area (Å²) in [4.78, 5) is 0.110. The van der Waals surface area contributed by atoms with Crippen LogP contribution in [0.15, 0.2) is 29.2 Å². The number of benzene rings is 1. The Bertz CT molecular complexity index is 497. The fourth-order valence-corrected chi connectivity index (χ4v) is 2.30. The molecule has 0 aliphatic rings. The standard InChI is InChI=1S/C10H10ClNO2S/c1-10(2,7-12)15(13,14)9-5-3-8(11)4-6-9/h3-6H,1-2H3. The maximum absolute atomic E-state index is 11.9. The van der Waals surface area contributed by atoms with Crippen LogP contribution in [-0.4, -0.2) is 13.2 Å². The van der Waals surface area contributed by atoms with Gasteiger partial charge in [0.2, 0.25) is 0 Å². The van der Waals surface area contributed by atoms with Crippen LogP contribution < -0.4 is 0 Å². The molecule has 1 rings (SSSR count). The second-order valence-corrected chi connectivity index (χ2v) is 6.51. The number of sulfone groups is 1. The van der Waals surface area contributed by atoms with Gasteiger partial charge in [0.1, 0.15) is 0 Å². The lowest BCUT2D eigenvalue weighted by atomic mass is 10.2. The van der Waals surface area contributed by atoms with Gasteiger partial charge in [-0.15, -0.1) is 0 Å². The highest BCUT2D eigenvalue weighted by atomic mass is 35.5. The van der Waals surface area contributed by atoms with Crippen LogP contribution in [0, 0.1) is 11.3 Å². The zero-order valence-electron chi connectivity index (χ0n) is 8.36. The third-order valence-corrected chi connectivity index (χ3v) is 4.64. The monoisotopic (exact) mass is 243 g/mol. The van der Waals surface area contributed by atoms with Gasteiger partial charge < -0.3 is 0 Å². The van der Waals surface area contributed by atoms with Gasteiger partial charge in [0.05, 0.1) is 11.0 Å². The van der Waals surface area contributed by atoms with E-state index in [1.54, 1.807) is 6.07 Å². The van der Waals surface area contributed by atoms with Crippen molar-refractivity contribution in [3.05, 3.63) is 29.3 Å². The van der Waals surface area contributed by atoms with Gasteiger partial charge in [0.15, 0.2) is 14.6 Å². The first-order chi connectivity index (χ1) is 6.81. The minimum Gasteiger partial charge on any atom is -0.222 e. The zero-order chi connectivity index (χ0) is 11.7. The molecule has 0 heterocycles. The molecule has 0 spiro atoms. The van der Waals surface area contributed by atoms with E-state index in [1.807, 2.05) is 0 Å². The number of rotatable bonds is 2. The van der Waals surface area contributed by atoms with Gasteiger partial charge in [-0.1, -0.05) is 11.6 Å². The van der Waals surface area contributed by atoms with Crippen LogP contribution in [0.25, 0.3) is 0 Å². The molecular weight excluding hydrogens is 234 g/mol. The lowest BCUT2D eigenvalue weighted by Gasteiger charge is -2.16. The zero-order valence-corrected chi connectivity index (χ0v) is 9.93. The molecule has 3 nitrogen and oxygen atoms in total. The van der Waals surface area contributed by atoms with Crippen LogP contribution in [0.1, 0.15) is 13.8 Å². The predicted octanol–water partition coefficient (Wildman–Crippen LogP) is 2.42. The van der Waals surface area contributed by atoms with Crippen molar-refractivity contribution in [2.45, 2.75) is 23.5 Å². The van der Waals surface area contributed by atoms with Gasteiger partial charge in [0.25, 0.3) is 0 Å². The van der Waals surface area contributed by atoms with Crippen LogP contribution in [0.3, 0.4) is 0 Å². The van der Waals surface area contributed by atoms with Gasteiger partial charge in [-0.2, -0.15) is 5.26 Å². The molecule has 0 aliphatic carbocycles. The Morgan fingerprint density at radius 1 is 1.27 bits per heavy atom. The molecule has 0 aliphatic heterocycles. The van der Waals surface area contributed by atoms with Crippen molar-refractivity contribution < 1.29 is 8.42 Å². The number of hydrogen-bond acceptors (Lipinski definition) is 3. The predicted molar refractivity (Wildman–Crippen MR) is 58.3 cm³/mol. The van der Waals surface area contributed by atoms with E-state index in [-0.39, 0.29) is 4.90 Å². The molecule has 1 aromatic rings. The first-order valence-corrected chi connectivity index (χ1v) is 6.09. The van der Waals surface area contributed by atoms with Crippen molar-refractivity contribution in [1.29, 1.82) is 5.26 Å². The van der Waals surface area contributed by atoms with E-state index in [1.165, 1.54) is 38.1 Å². The molecule has 0 saturated carbocycles. The lowest BCUT2D eigenvalue weighted by molar-refractivity contribution is 0.574. The molecule has 0 radical (unpaired) electrons. The molecule has 0 bridgehead atoms. The molecule has 15 heavy (non-hydrogen) atoms. The van der Waals surface area contributed by atoms with Crippen molar-refractivity contribution in [2.75, 3.05) is 0 Å². The Morgan fingerprint density at radius 2 is 1.73 bits per heavy atom. The van der Waals surface area contributed by atoms with Gasteiger partial charge in [-0.3, -0.25) is 0 Å². The van der Waals surface area contributed by atoms with Crippen LogP contribution in [-0.2, 0) is 9.84 Å². The third kappa shape index (κ3) is 2.14. The first kappa shape index (κ1) is 12.0. The number of nitrogens with zero attached hydrogens (tertiary/aromatic N) is 1. The summed E-state index contributed by atoms with van der Waals surface area (Å²) in [5.74, 6) is 0. The highest BCUT2D eigenvalue weighted by molar-refractivity contribution is 7.93. The van der Waals surface area contributed by atoms with E-state index < -0.39 is 14.6 Å². The molecule has 0 N–H and O–H groups in total. The molecule has 0 aromatic heterocycles. The van der Waals surface area contributed by atoms with E-state index >= 15 is 0 Å². The van der Waals surface area contributed by atoms with E-state index in [4.69, 9.17) is 16.9 Å². The fraction of sp³-hybridized carbons (Fsp3) is 0.300. The molecule has 1 aromatic carbocycles. The summed E-state index contributed by atoms with van der Waals surface area (Å²) < 4.78 is 22.4. The first-order valence-electron chi connectivity index (χ1n) is 4.23.